The third-order valence-corrected chi connectivity index (χ3v) is 2.83. The van der Waals surface area contributed by atoms with Crippen LogP contribution in [0.15, 0.2) is 36.9 Å². The fourth-order valence-corrected chi connectivity index (χ4v) is 1.90. The summed E-state index contributed by atoms with van der Waals surface area (Å²) >= 11 is 0. The highest BCUT2D eigenvalue weighted by molar-refractivity contribution is 5.24. The third-order valence-electron chi connectivity index (χ3n) is 2.83. The zero-order valence-electron chi connectivity index (χ0n) is 10.5. The summed E-state index contributed by atoms with van der Waals surface area (Å²) in [5, 5.41) is 3.54. The molecular weight excluding hydrogens is 194 g/mol. The van der Waals surface area contributed by atoms with E-state index < -0.39 is 0 Å². The molecule has 1 unspecified atom stereocenters. The predicted octanol–water partition coefficient (Wildman–Crippen LogP) is 4.00. The number of benzene rings is 1. The zero-order chi connectivity index (χ0) is 11.8. The highest BCUT2D eigenvalue weighted by Gasteiger charge is 2.08. The van der Waals surface area contributed by atoms with Crippen LogP contribution in [0.2, 0.25) is 0 Å². The van der Waals surface area contributed by atoms with Crippen LogP contribution >= 0.6 is 0 Å². The smallest absolute Gasteiger partial charge is 0.0320 e. The average Bonchev–Trinajstić information content (AvgIpc) is 2.29. The maximum absolute atomic E-state index is 3.77. The van der Waals surface area contributed by atoms with Gasteiger partial charge in [0.15, 0.2) is 0 Å². The molecule has 1 rings (SSSR count). The van der Waals surface area contributed by atoms with Crippen molar-refractivity contribution in [2.24, 2.45) is 0 Å². The fraction of sp³-hybridized carbons (Fsp3) is 0.467. The molecule has 1 atom stereocenters. The van der Waals surface area contributed by atoms with E-state index in [0.717, 1.165) is 13.0 Å². The largest absolute Gasteiger partial charge is 0.310 e. The minimum atomic E-state index is 0.491. The van der Waals surface area contributed by atoms with E-state index in [1.165, 1.54) is 24.0 Å². The lowest BCUT2D eigenvalue weighted by Crippen LogP contribution is -2.20. The first-order chi connectivity index (χ1) is 7.77. The molecule has 0 heterocycles. The Balaban J connectivity index is 2.60. The number of allylic oxidation sites excluding steroid dienone is 1. The molecule has 0 aromatic heterocycles. The van der Waals surface area contributed by atoms with E-state index >= 15 is 0 Å². The monoisotopic (exact) mass is 217 g/mol. The van der Waals surface area contributed by atoms with Gasteiger partial charge in [0.05, 0.1) is 0 Å². The Hall–Kier alpha value is -1.08. The van der Waals surface area contributed by atoms with Gasteiger partial charge in [-0.3, -0.25) is 0 Å². The van der Waals surface area contributed by atoms with Gasteiger partial charge >= 0.3 is 0 Å². The van der Waals surface area contributed by atoms with Gasteiger partial charge in [-0.2, -0.15) is 0 Å². The van der Waals surface area contributed by atoms with E-state index in [2.05, 4.69) is 50.0 Å². The molecule has 0 aliphatic heterocycles. The SMILES string of the molecule is C=CCCCC(NCC)c1ccc(C)cc1. The quantitative estimate of drug-likeness (QED) is 0.537. The third kappa shape index (κ3) is 4.19. The van der Waals surface area contributed by atoms with E-state index in [1.807, 2.05) is 6.08 Å². The van der Waals surface area contributed by atoms with Crippen LogP contribution in [0.3, 0.4) is 0 Å². The first-order valence-electron chi connectivity index (χ1n) is 6.18. The summed E-state index contributed by atoms with van der Waals surface area (Å²) in [5.41, 5.74) is 2.72. The van der Waals surface area contributed by atoms with E-state index in [9.17, 15) is 0 Å². The lowest BCUT2D eigenvalue weighted by atomic mass is 10.00. The van der Waals surface area contributed by atoms with Crippen LogP contribution in [0, 0.1) is 6.92 Å². The Morgan fingerprint density at radius 1 is 1.31 bits per heavy atom. The zero-order valence-corrected chi connectivity index (χ0v) is 10.5. The molecule has 0 radical (unpaired) electrons. The molecule has 88 valence electrons. The lowest BCUT2D eigenvalue weighted by molar-refractivity contribution is 0.500. The Morgan fingerprint density at radius 2 is 2.00 bits per heavy atom. The van der Waals surface area contributed by atoms with Crippen molar-refractivity contribution >= 4 is 0 Å². The van der Waals surface area contributed by atoms with Crippen molar-refractivity contribution in [1.29, 1.82) is 0 Å². The molecule has 0 fully saturated rings. The summed E-state index contributed by atoms with van der Waals surface area (Å²) in [6.07, 6.45) is 5.49. The van der Waals surface area contributed by atoms with Crippen LogP contribution in [-0.4, -0.2) is 6.54 Å². The van der Waals surface area contributed by atoms with Crippen LogP contribution in [0.1, 0.15) is 43.4 Å². The molecule has 16 heavy (non-hydrogen) atoms. The standard InChI is InChI=1S/C15H23N/c1-4-6-7-8-15(16-5-2)14-11-9-13(3)10-12-14/h4,9-12,15-16H,1,5-8H2,2-3H3. The van der Waals surface area contributed by atoms with E-state index in [0.29, 0.717) is 6.04 Å². The number of hydrogen-bond acceptors (Lipinski definition) is 1. The van der Waals surface area contributed by atoms with Gasteiger partial charge in [0, 0.05) is 6.04 Å². The first kappa shape index (κ1) is 13.0. The molecule has 1 nitrogen and oxygen atoms in total. The van der Waals surface area contributed by atoms with Crippen molar-refractivity contribution in [3.63, 3.8) is 0 Å². The number of nitrogens with one attached hydrogen (secondary N) is 1. The molecule has 1 N–H and O–H groups in total. The summed E-state index contributed by atoms with van der Waals surface area (Å²) in [6, 6.07) is 9.33. The molecular formula is C15H23N. The van der Waals surface area contributed by atoms with Crippen LogP contribution in [0.25, 0.3) is 0 Å². The Kier molecular flexibility index (Phi) is 5.87. The van der Waals surface area contributed by atoms with Gasteiger partial charge in [-0.1, -0.05) is 42.8 Å². The number of aryl methyl sites for hydroxylation is 1. The summed E-state index contributed by atoms with van der Waals surface area (Å²) in [5.74, 6) is 0. The molecule has 0 bridgehead atoms. The second-order valence-corrected chi connectivity index (χ2v) is 4.24. The molecule has 0 aliphatic rings. The maximum atomic E-state index is 3.77. The van der Waals surface area contributed by atoms with Crippen molar-refractivity contribution in [3.8, 4) is 0 Å². The summed E-state index contributed by atoms with van der Waals surface area (Å²) in [4.78, 5) is 0. The Bertz CT molecular complexity index is 300. The van der Waals surface area contributed by atoms with Gasteiger partial charge in [0.1, 0.15) is 0 Å². The van der Waals surface area contributed by atoms with Crippen LogP contribution in [0.5, 0.6) is 0 Å². The van der Waals surface area contributed by atoms with E-state index in [1.54, 1.807) is 0 Å². The van der Waals surface area contributed by atoms with Crippen LogP contribution in [-0.2, 0) is 0 Å². The molecule has 1 aromatic rings. The molecule has 0 saturated heterocycles. The molecule has 0 spiro atoms. The van der Waals surface area contributed by atoms with E-state index in [-0.39, 0.29) is 0 Å². The van der Waals surface area contributed by atoms with Crippen molar-refractivity contribution in [1.82, 2.24) is 5.32 Å². The van der Waals surface area contributed by atoms with Crippen LogP contribution in [0.4, 0.5) is 0 Å². The summed E-state index contributed by atoms with van der Waals surface area (Å²) in [7, 11) is 0. The second kappa shape index (κ2) is 7.24. The number of hydrogen-bond donors (Lipinski definition) is 1. The van der Waals surface area contributed by atoms with Gasteiger partial charge in [0.25, 0.3) is 0 Å². The molecule has 1 aromatic carbocycles. The van der Waals surface area contributed by atoms with Crippen molar-refractivity contribution in [2.75, 3.05) is 6.54 Å². The molecule has 0 saturated carbocycles. The number of rotatable bonds is 7. The van der Waals surface area contributed by atoms with Crippen LogP contribution < -0.4 is 5.32 Å². The topological polar surface area (TPSA) is 12.0 Å². The van der Waals surface area contributed by atoms with Crippen molar-refractivity contribution < 1.29 is 0 Å². The molecule has 1 heteroatoms. The van der Waals surface area contributed by atoms with Gasteiger partial charge in [0.2, 0.25) is 0 Å². The highest BCUT2D eigenvalue weighted by Crippen LogP contribution is 2.19. The minimum Gasteiger partial charge on any atom is -0.310 e. The van der Waals surface area contributed by atoms with Gasteiger partial charge in [-0.25, -0.2) is 0 Å². The Morgan fingerprint density at radius 3 is 2.56 bits per heavy atom. The van der Waals surface area contributed by atoms with Crippen molar-refractivity contribution in [3.05, 3.63) is 48.0 Å². The minimum absolute atomic E-state index is 0.491. The molecule has 0 aliphatic carbocycles. The first-order valence-corrected chi connectivity index (χ1v) is 6.18. The highest BCUT2D eigenvalue weighted by atomic mass is 14.9. The summed E-state index contributed by atoms with van der Waals surface area (Å²) < 4.78 is 0. The molecule has 0 amide bonds. The summed E-state index contributed by atoms with van der Waals surface area (Å²) in [6.45, 7) is 9.08. The van der Waals surface area contributed by atoms with Gasteiger partial charge in [-0.05, 0) is 38.3 Å². The second-order valence-electron chi connectivity index (χ2n) is 4.24. The predicted molar refractivity (Wildman–Crippen MR) is 71.6 cm³/mol. The van der Waals surface area contributed by atoms with Crippen molar-refractivity contribution in [2.45, 2.75) is 39.2 Å². The van der Waals surface area contributed by atoms with Gasteiger partial charge < -0.3 is 5.32 Å². The fourth-order valence-electron chi connectivity index (χ4n) is 1.90. The van der Waals surface area contributed by atoms with Gasteiger partial charge in [-0.15, -0.1) is 6.58 Å². The Labute approximate surface area is 99.6 Å². The number of unbranched alkanes of at least 4 members (excludes halogenated alkanes) is 1. The van der Waals surface area contributed by atoms with E-state index in [4.69, 9.17) is 0 Å². The normalized spacial score (nSPS) is 12.4. The lowest BCUT2D eigenvalue weighted by Gasteiger charge is -2.18. The average molecular weight is 217 g/mol. The maximum Gasteiger partial charge on any atom is 0.0320 e.